The van der Waals surface area contributed by atoms with Crippen LogP contribution in [-0.4, -0.2) is 17.4 Å². The number of carbonyl (C=O) groups is 1. The number of hydrogen-bond donors (Lipinski definition) is 2. The molecule has 0 saturated heterocycles. The van der Waals surface area contributed by atoms with E-state index in [4.69, 9.17) is 11.6 Å². The van der Waals surface area contributed by atoms with Crippen molar-refractivity contribution >= 4 is 28.4 Å². The quantitative estimate of drug-likeness (QED) is 0.676. The molecular formula is C21H21ClN2O. The number of aromatic amines is 1. The van der Waals surface area contributed by atoms with Gasteiger partial charge in [0.25, 0.3) is 0 Å². The number of para-hydroxylation sites is 1. The molecule has 1 unspecified atom stereocenters. The molecule has 2 aromatic carbocycles. The van der Waals surface area contributed by atoms with Gasteiger partial charge in [-0.15, -0.1) is 0 Å². The molecule has 128 valence electrons. The summed E-state index contributed by atoms with van der Waals surface area (Å²) >= 11 is 6.48. The lowest BCUT2D eigenvalue weighted by molar-refractivity contribution is -0.127. The van der Waals surface area contributed by atoms with Gasteiger partial charge in [0.15, 0.2) is 0 Å². The lowest BCUT2D eigenvalue weighted by Crippen LogP contribution is -2.37. The molecule has 1 heterocycles. The SMILES string of the molecule is O=C(NCC(c1ccccc1Cl)c1c[nH]c2ccccc12)C1CCC1. The summed E-state index contributed by atoms with van der Waals surface area (Å²) in [7, 11) is 0. The second kappa shape index (κ2) is 6.93. The van der Waals surface area contributed by atoms with Gasteiger partial charge in [-0.1, -0.05) is 54.4 Å². The normalized spacial score (nSPS) is 15.7. The van der Waals surface area contributed by atoms with E-state index in [0.29, 0.717) is 6.54 Å². The number of halogens is 1. The molecule has 1 saturated carbocycles. The standard InChI is InChI=1S/C21H21ClN2O/c22-19-10-3-1-8-15(19)17(13-24-21(25)14-6-5-7-14)18-12-23-20-11-4-2-9-16(18)20/h1-4,8-12,14,17,23H,5-7,13H2,(H,24,25). The van der Waals surface area contributed by atoms with E-state index in [-0.39, 0.29) is 17.7 Å². The van der Waals surface area contributed by atoms with E-state index in [9.17, 15) is 4.79 Å². The molecule has 3 aromatic rings. The van der Waals surface area contributed by atoms with Crippen LogP contribution in [0.1, 0.15) is 36.3 Å². The van der Waals surface area contributed by atoms with E-state index in [2.05, 4.69) is 22.4 Å². The zero-order valence-electron chi connectivity index (χ0n) is 14.0. The molecular weight excluding hydrogens is 332 g/mol. The van der Waals surface area contributed by atoms with Crippen LogP contribution in [0.4, 0.5) is 0 Å². The summed E-state index contributed by atoms with van der Waals surface area (Å²) < 4.78 is 0. The van der Waals surface area contributed by atoms with E-state index < -0.39 is 0 Å². The third-order valence-corrected chi connectivity index (χ3v) is 5.58. The van der Waals surface area contributed by atoms with Crippen molar-refractivity contribution in [3.63, 3.8) is 0 Å². The number of aromatic nitrogens is 1. The zero-order chi connectivity index (χ0) is 17.2. The molecule has 0 aliphatic heterocycles. The Bertz CT molecular complexity index is 898. The first-order valence-corrected chi connectivity index (χ1v) is 9.20. The molecule has 2 N–H and O–H groups in total. The highest BCUT2D eigenvalue weighted by molar-refractivity contribution is 6.31. The molecule has 4 heteroatoms. The monoisotopic (exact) mass is 352 g/mol. The Hall–Kier alpha value is -2.26. The van der Waals surface area contributed by atoms with Crippen LogP contribution in [0.3, 0.4) is 0 Å². The van der Waals surface area contributed by atoms with E-state index in [1.165, 1.54) is 5.39 Å². The van der Waals surface area contributed by atoms with Crippen molar-refractivity contribution < 1.29 is 4.79 Å². The average Bonchev–Trinajstić information content (AvgIpc) is 2.99. The van der Waals surface area contributed by atoms with E-state index in [1.807, 2.05) is 42.6 Å². The summed E-state index contributed by atoms with van der Waals surface area (Å²) in [6, 6.07) is 16.1. The Morgan fingerprint density at radius 3 is 2.64 bits per heavy atom. The molecule has 4 rings (SSSR count). The number of fused-ring (bicyclic) bond motifs is 1. The Kier molecular flexibility index (Phi) is 4.50. The van der Waals surface area contributed by atoms with Crippen molar-refractivity contribution in [3.8, 4) is 0 Å². The van der Waals surface area contributed by atoms with Crippen LogP contribution >= 0.6 is 11.6 Å². The first-order chi connectivity index (χ1) is 12.2. The molecule has 25 heavy (non-hydrogen) atoms. The molecule has 1 aromatic heterocycles. The van der Waals surface area contributed by atoms with Gasteiger partial charge in [-0.25, -0.2) is 0 Å². The van der Waals surface area contributed by atoms with Crippen LogP contribution < -0.4 is 5.32 Å². The molecule has 1 aliphatic rings. The number of nitrogens with one attached hydrogen (secondary N) is 2. The molecule has 3 nitrogen and oxygen atoms in total. The molecule has 0 spiro atoms. The minimum atomic E-state index is 0.0221. The predicted molar refractivity (Wildman–Crippen MR) is 102 cm³/mol. The maximum atomic E-state index is 12.3. The summed E-state index contributed by atoms with van der Waals surface area (Å²) in [5.74, 6) is 0.381. The molecule has 1 fully saturated rings. The number of rotatable bonds is 5. The minimum Gasteiger partial charge on any atom is -0.361 e. The fourth-order valence-electron chi connectivity index (χ4n) is 3.54. The summed E-state index contributed by atoms with van der Waals surface area (Å²) in [5, 5.41) is 5.06. The Balaban J connectivity index is 1.68. The van der Waals surface area contributed by atoms with Gasteiger partial charge < -0.3 is 10.3 Å². The summed E-state index contributed by atoms with van der Waals surface area (Å²) in [6.45, 7) is 0.556. The number of hydrogen-bond acceptors (Lipinski definition) is 1. The van der Waals surface area contributed by atoms with Gasteiger partial charge in [-0.05, 0) is 36.1 Å². The topological polar surface area (TPSA) is 44.9 Å². The van der Waals surface area contributed by atoms with Crippen molar-refractivity contribution in [3.05, 3.63) is 70.9 Å². The van der Waals surface area contributed by atoms with Gasteiger partial charge in [0.2, 0.25) is 5.91 Å². The first kappa shape index (κ1) is 16.2. The Morgan fingerprint density at radius 2 is 1.88 bits per heavy atom. The number of H-pyrrole nitrogens is 1. The van der Waals surface area contributed by atoms with E-state index >= 15 is 0 Å². The second-order valence-electron chi connectivity index (χ2n) is 6.74. The summed E-state index contributed by atoms with van der Waals surface area (Å²) in [4.78, 5) is 15.7. The van der Waals surface area contributed by atoms with Crippen LogP contribution in [0, 0.1) is 5.92 Å². The van der Waals surface area contributed by atoms with Gasteiger partial charge in [0, 0.05) is 40.5 Å². The fourth-order valence-corrected chi connectivity index (χ4v) is 3.81. The first-order valence-electron chi connectivity index (χ1n) is 8.82. The zero-order valence-corrected chi connectivity index (χ0v) is 14.7. The van der Waals surface area contributed by atoms with Crippen LogP contribution in [0.5, 0.6) is 0 Å². The van der Waals surface area contributed by atoms with E-state index in [0.717, 1.165) is 40.9 Å². The maximum Gasteiger partial charge on any atom is 0.223 e. The highest BCUT2D eigenvalue weighted by Crippen LogP contribution is 2.34. The van der Waals surface area contributed by atoms with Crippen molar-refractivity contribution in [1.29, 1.82) is 0 Å². The molecule has 1 aliphatic carbocycles. The van der Waals surface area contributed by atoms with Crippen LogP contribution in [0.2, 0.25) is 5.02 Å². The molecule has 0 bridgehead atoms. The lowest BCUT2D eigenvalue weighted by Gasteiger charge is -2.26. The highest BCUT2D eigenvalue weighted by atomic mass is 35.5. The van der Waals surface area contributed by atoms with Crippen molar-refractivity contribution in [2.45, 2.75) is 25.2 Å². The van der Waals surface area contributed by atoms with Gasteiger partial charge in [-0.2, -0.15) is 0 Å². The molecule has 1 amide bonds. The maximum absolute atomic E-state index is 12.3. The van der Waals surface area contributed by atoms with Crippen LogP contribution in [-0.2, 0) is 4.79 Å². The van der Waals surface area contributed by atoms with Crippen molar-refractivity contribution in [2.75, 3.05) is 6.54 Å². The molecule has 1 atom stereocenters. The highest BCUT2D eigenvalue weighted by Gasteiger charge is 2.27. The number of amides is 1. The van der Waals surface area contributed by atoms with Crippen LogP contribution in [0.15, 0.2) is 54.7 Å². The fraction of sp³-hybridized carbons (Fsp3) is 0.286. The van der Waals surface area contributed by atoms with Gasteiger partial charge in [0.05, 0.1) is 0 Å². The average molecular weight is 353 g/mol. The van der Waals surface area contributed by atoms with Crippen LogP contribution in [0.25, 0.3) is 10.9 Å². The third kappa shape index (κ3) is 3.16. The largest absolute Gasteiger partial charge is 0.361 e. The van der Waals surface area contributed by atoms with E-state index in [1.54, 1.807) is 0 Å². The number of carbonyl (C=O) groups excluding carboxylic acids is 1. The van der Waals surface area contributed by atoms with Gasteiger partial charge in [-0.3, -0.25) is 4.79 Å². The van der Waals surface area contributed by atoms with Gasteiger partial charge >= 0.3 is 0 Å². The Labute approximate surface area is 152 Å². The third-order valence-electron chi connectivity index (χ3n) is 5.23. The number of benzene rings is 2. The summed E-state index contributed by atoms with van der Waals surface area (Å²) in [5.41, 5.74) is 3.31. The Morgan fingerprint density at radius 1 is 1.12 bits per heavy atom. The second-order valence-corrected chi connectivity index (χ2v) is 7.14. The van der Waals surface area contributed by atoms with Crippen molar-refractivity contribution in [2.24, 2.45) is 5.92 Å². The molecule has 0 radical (unpaired) electrons. The summed E-state index contributed by atoms with van der Waals surface area (Å²) in [6.07, 6.45) is 5.22. The lowest BCUT2D eigenvalue weighted by atomic mass is 9.84. The van der Waals surface area contributed by atoms with Gasteiger partial charge in [0.1, 0.15) is 0 Å². The smallest absolute Gasteiger partial charge is 0.223 e. The minimum absolute atomic E-state index is 0.0221. The predicted octanol–water partition coefficient (Wildman–Crippen LogP) is 4.87. The van der Waals surface area contributed by atoms with Crippen molar-refractivity contribution in [1.82, 2.24) is 10.3 Å².